The number of hydrogen-bond acceptors (Lipinski definition) is 9. The molecule has 0 aliphatic carbocycles. The van der Waals surface area contributed by atoms with E-state index in [0.29, 0.717) is 22.1 Å². The monoisotopic (exact) mass is 1430 g/mol. The van der Waals surface area contributed by atoms with E-state index in [-0.39, 0.29) is 27.5 Å². The van der Waals surface area contributed by atoms with Gasteiger partial charge in [-0.3, -0.25) is 0 Å². The van der Waals surface area contributed by atoms with Gasteiger partial charge in [0.25, 0.3) is 0 Å². The average Bonchev–Trinajstić information content (AvgIpc) is 4.34. The summed E-state index contributed by atoms with van der Waals surface area (Å²) in [5.74, 6) is -3.51. The van der Waals surface area contributed by atoms with E-state index < -0.39 is 41.6 Å². The molecule has 5 heterocycles. The molecular formula is C64H94Br2F4N4S5Sn. The average molecular weight is 1430 g/mol. The number of hydrogen-bond donors (Lipinski definition) is 0. The van der Waals surface area contributed by atoms with Crippen LogP contribution in [0.15, 0.2) is 43.3 Å². The van der Waals surface area contributed by atoms with Crippen LogP contribution in [-0.4, -0.2) is 35.9 Å². The number of benzene rings is 2. The van der Waals surface area contributed by atoms with E-state index in [2.05, 4.69) is 107 Å². The third-order valence-electron chi connectivity index (χ3n) is 14.7. The number of thiophene rings is 3. The summed E-state index contributed by atoms with van der Waals surface area (Å²) in [7, 11) is 0. The van der Waals surface area contributed by atoms with Gasteiger partial charge in [-0.25, -0.2) is 17.6 Å². The molecule has 0 spiro atoms. The Bertz CT molecular complexity index is 2640. The van der Waals surface area contributed by atoms with Gasteiger partial charge in [-0.05, 0) is 91.6 Å². The molecule has 0 aliphatic rings. The Morgan fingerprint density at radius 2 is 0.650 bits per heavy atom. The minimum Gasteiger partial charge on any atom is -0.203 e. The molecule has 446 valence electrons. The van der Waals surface area contributed by atoms with Gasteiger partial charge in [0, 0.05) is 9.75 Å². The summed E-state index contributed by atoms with van der Waals surface area (Å²) in [5.41, 5.74) is 6.15. The van der Waals surface area contributed by atoms with Crippen LogP contribution in [0.3, 0.4) is 0 Å². The summed E-state index contributed by atoms with van der Waals surface area (Å²) in [4.78, 5) is 9.04. The fourth-order valence-corrected chi connectivity index (χ4v) is 20.5. The molecule has 4 nitrogen and oxygen atoms in total. The molecule has 0 saturated heterocycles. The van der Waals surface area contributed by atoms with Crippen molar-refractivity contribution >= 4 is 133 Å². The molecule has 16 heteroatoms. The molecule has 7 aromatic rings. The fourth-order valence-electron chi connectivity index (χ4n) is 9.90. The Kier molecular flexibility index (Phi) is 35.7. The van der Waals surface area contributed by atoms with Crippen LogP contribution in [0.2, 0.25) is 14.8 Å². The van der Waals surface area contributed by atoms with Crippen molar-refractivity contribution in [1.29, 1.82) is 0 Å². The van der Waals surface area contributed by atoms with Gasteiger partial charge in [0.15, 0.2) is 23.3 Å². The van der Waals surface area contributed by atoms with E-state index in [1.807, 2.05) is 23.5 Å². The molecule has 0 unspecified atom stereocenters. The van der Waals surface area contributed by atoms with Crippen LogP contribution in [-0.2, 0) is 19.3 Å². The first-order valence-corrected chi connectivity index (χ1v) is 45.8. The van der Waals surface area contributed by atoms with E-state index in [0.717, 1.165) is 58.9 Å². The second-order valence-electron chi connectivity index (χ2n) is 22.6. The number of unbranched alkanes of at least 4 members (excludes halogenated alkanes) is 27. The van der Waals surface area contributed by atoms with Crippen LogP contribution in [0, 0.1) is 23.3 Å². The number of nitrogens with zero attached hydrogens (tertiary/aromatic N) is 4. The maximum Gasteiger partial charge on any atom is 0.176 e. The zero-order valence-corrected chi connectivity index (χ0v) is 58.5. The quantitative estimate of drug-likeness (QED) is 0.0129. The van der Waals surface area contributed by atoms with E-state index in [1.165, 1.54) is 220 Å². The van der Waals surface area contributed by atoms with Crippen LogP contribution < -0.4 is 2.89 Å². The molecule has 0 aliphatic heterocycles. The van der Waals surface area contributed by atoms with Gasteiger partial charge in [0.05, 0.1) is 43.5 Å². The SMILES string of the molecule is C.CCCCCCCCCCCCc1cs[c]([Sn]([CH3])([CH3])[CH3])c1.CCCCCCCCCCCCc1csc(-c2c(F)c(F)c(-c3cc(CCCCCCCCCCCC)cs3)c3nsnc23)c1.Fc1c(F)c(Br)c2nsnc2c1Br. The molecule has 5 aromatic heterocycles. The van der Waals surface area contributed by atoms with Crippen molar-refractivity contribution in [2.24, 2.45) is 0 Å². The Morgan fingerprint density at radius 1 is 0.375 bits per heavy atom. The van der Waals surface area contributed by atoms with Crippen molar-refractivity contribution in [1.82, 2.24) is 17.5 Å². The third kappa shape index (κ3) is 23.8. The number of rotatable bonds is 36. The molecular weight excluding hydrogens is 1340 g/mol. The second kappa shape index (κ2) is 40.1. The van der Waals surface area contributed by atoms with Gasteiger partial charge in [0.2, 0.25) is 0 Å². The van der Waals surface area contributed by atoms with Gasteiger partial charge in [-0.1, -0.05) is 157 Å². The largest absolute Gasteiger partial charge is 0.203 e. The zero-order valence-electron chi connectivity index (χ0n) is 48.4. The molecule has 0 amide bonds. The minimum absolute atomic E-state index is 0. The number of aromatic nitrogens is 4. The number of aryl methyl sites for hydroxylation is 3. The second-order valence-corrected chi connectivity index (χ2v) is 43.4. The fraction of sp³-hybridized carbons (Fsp3) is 0.625. The van der Waals surface area contributed by atoms with Crippen molar-refractivity contribution in [3.8, 4) is 20.9 Å². The van der Waals surface area contributed by atoms with Gasteiger partial charge in [-0.2, -0.15) is 17.5 Å². The topological polar surface area (TPSA) is 51.6 Å². The van der Waals surface area contributed by atoms with Crippen LogP contribution >= 0.6 is 89.3 Å². The first-order valence-electron chi connectivity index (χ1n) is 30.1. The summed E-state index contributed by atoms with van der Waals surface area (Å²) >= 11 is 11.0. The Hall–Kier alpha value is -1.34. The summed E-state index contributed by atoms with van der Waals surface area (Å²) in [5, 5.41) is 6.61. The molecule has 2 aromatic carbocycles. The van der Waals surface area contributed by atoms with Crippen LogP contribution in [0.5, 0.6) is 0 Å². The van der Waals surface area contributed by atoms with Crippen molar-refractivity contribution in [3.05, 3.63) is 83.2 Å². The minimum atomic E-state index is -1.79. The maximum absolute atomic E-state index is 15.8. The normalized spacial score (nSPS) is 11.6. The Labute approximate surface area is 521 Å². The van der Waals surface area contributed by atoms with Crippen LogP contribution in [0.1, 0.15) is 238 Å². The van der Waals surface area contributed by atoms with Gasteiger partial charge < -0.3 is 0 Å². The standard InChI is InChI=1S/C38H54F2N2S3.C16H27S.C6Br2F2N2S.CH4.3CH3.Sn/c1-3-5-7-9-11-13-15-17-19-21-23-29-25-31(43-27-29)33-35(39)36(40)34(38-37(33)41-45-42-38)32-26-30(28-44-32)24-22-20-18-16-14-12-10-8-6-4-2;1-2-3-4-5-6-7-8-9-10-11-12-16-13-14-17-15-16;7-1-3(9)4(10)2(8)6-5(1)11-13-12-6;;;;;/h25-28H,3-24H2,1-2H3;13,15H,2-12H2,1H3;;1H4;3*1H3;. The number of fused-ring (bicyclic) bond motifs is 2. The van der Waals surface area contributed by atoms with E-state index in [9.17, 15) is 8.78 Å². The van der Waals surface area contributed by atoms with E-state index in [1.54, 1.807) is 8.46 Å². The summed E-state index contributed by atoms with van der Waals surface area (Å²) in [6.07, 6.45) is 43.8. The van der Waals surface area contributed by atoms with Crippen molar-refractivity contribution < 1.29 is 17.6 Å². The van der Waals surface area contributed by atoms with Crippen LogP contribution in [0.4, 0.5) is 17.6 Å². The summed E-state index contributed by atoms with van der Waals surface area (Å²) in [6, 6.07) is 6.59. The molecule has 0 fully saturated rings. The molecule has 0 bridgehead atoms. The summed E-state index contributed by atoms with van der Waals surface area (Å²) < 4.78 is 76.1. The van der Waals surface area contributed by atoms with Gasteiger partial charge in [-0.15, -0.1) is 22.7 Å². The van der Waals surface area contributed by atoms with Gasteiger partial charge >= 0.3 is 122 Å². The molecule has 0 saturated carbocycles. The molecule has 0 atom stereocenters. The van der Waals surface area contributed by atoms with Crippen molar-refractivity contribution in [3.63, 3.8) is 0 Å². The molecule has 7 rings (SSSR count). The summed E-state index contributed by atoms with van der Waals surface area (Å²) in [6.45, 7) is 6.82. The smallest absolute Gasteiger partial charge is 0.176 e. The van der Waals surface area contributed by atoms with Crippen LogP contribution in [0.25, 0.3) is 42.9 Å². The first-order chi connectivity index (χ1) is 38.3. The molecule has 80 heavy (non-hydrogen) atoms. The Morgan fingerprint density at radius 3 is 0.950 bits per heavy atom. The van der Waals surface area contributed by atoms with Gasteiger partial charge in [0.1, 0.15) is 22.1 Å². The Balaban J connectivity index is 0.000000321. The maximum atomic E-state index is 15.8. The molecule has 0 N–H and O–H groups in total. The predicted molar refractivity (Wildman–Crippen MR) is 357 cm³/mol. The first kappa shape index (κ1) is 71.1. The number of halogens is 6. The van der Waals surface area contributed by atoms with Crippen molar-refractivity contribution in [2.75, 3.05) is 0 Å². The van der Waals surface area contributed by atoms with Crippen molar-refractivity contribution in [2.45, 2.75) is 255 Å². The van der Waals surface area contributed by atoms with E-state index in [4.69, 9.17) is 0 Å². The zero-order chi connectivity index (χ0) is 56.8. The predicted octanol–water partition coefficient (Wildman–Crippen LogP) is 25.2. The van der Waals surface area contributed by atoms with E-state index >= 15 is 8.78 Å². The molecule has 0 radical (unpaired) electrons. The third-order valence-corrected chi connectivity index (χ3v) is 29.8.